The smallest absolute Gasteiger partial charge is 0.266 e. The molecule has 1 amide bonds. The van der Waals surface area contributed by atoms with E-state index in [-0.39, 0.29) is 11.6 Å². The van der Waals surface area contributed by atoms with Crippen LogP contribution in [0.5, 0.6) is 0 Å². The molecule has 1 N–H and O–H groups in total. The summed E-state index contributed by atoms with van der Waals surface area (Å²) < 4.78 is 0. The summed E-state index contributed by atoms with van der Waals surface area (Å²) in [5.74, 6) is -0.347. The van der Waals surface area contributed by atoms with Gasteiger partial charge in [0.2, 0.25) is 0 Å². The van der Waals surface area contributed by atoms with E-state index in [1.807, 2.05) is 6.92 Å². The molecular formula is C13H12N4O3S. The lowest BCUT2D eigenvalue weighted by molar-refractivity contribution is -0.384. The molecule has 0 aliphatic rings. The van der Waals surface area contributed by atoms with Crippen molar-refractivity contribution in [3.8, 4) is 0 Å². The van der Waals surface area contributed by atoms with Crippen LogP contribution in [0.2, 0.25) is 0 Å². The highest BCUT2D eigenvalue weighted by Crippen LogP contribution is 2.16. The van der Waals surface area contributed by atoms with Gasteiger partial charge in [0.15, 0.2) is 0 Å². The minimum atomic E-state index is -0.487. The van der Waals surface area contributed by atoms with Crippen molar-refractivity contribution >= 4 is 29.1 Å². The van der Waals surface area contributed by atoms with Crippen LogP contribution in [0, 0.1) is 24.0 Å². The van der Waals surface area contributed by atoms with Crippen LogP contribution in [0.1, 0.15) is 25.9 Å². The number of aryl methyl sites for hydroxylation is 2. The van der Waals surface area contributed by atoms with Gasteiger partial charge < -0.3 is 0 Å². The molecule has 1 aromatic heterocycles. The molecule has 1 heterocycles. The van der Waals surface area contributed by atoms with E-state index in [2.05, 4.69) is 15.5 Å². The van der Waals surface area contributed by atoms with Crippen LogP contribution in [0.15, 0.2) is 29.4 Å². The zero-order chi connectivity index (χ0) is 15.4. The van der Waals surface area contributed by atoms with Crippen molar-refractivity contribution in [1.29, 1.82) is 0 Å². The summed E-state index contributed by atoms with van der Waals surface area (Å²) in [4.78, 5) is 26.7. The third-order valence-electron chi connectivity index (χ3n) is 2.57. The molecule has 0 saturated heterocycles. The fourth-order valence-electron chi connectivity index (χ4n) is 1.68. The van der Waals surface area contributed by atoms with E-state index in [9.17, 15) is 14.9 Å². The number of carbonyl (C=O) groups excluding carboxylic acids is 1. The van der Waals surface area contributed by atoms with Crippen LogP contribution >= 0.6 is 11.3 Å². The molecule has 0 fully saturated rings. The Labute approximate surface area is 124 Å². The summed E-state index contributed by atoms with van der Waals surface area (Å²) in [6, 6.07) is 5.97. The van der Waals surface area contributed by atoms with Crippen molar-refractivity contribution in [1.82, 2.24) is 10.4 Å². The molecule has 1 aromatic carbocycles. The van der Waals surface area contributed by atoms with Gasteiger partial charge in [0.05, 0.1) is 21.8 Å². The average molecular weight is 304 g/mol. The summed E-state index contributed by atoms with van der Waals surface area (Å²) in [5.41, 5.74) is 3.54. The lowest BCUT2D eigenvalue weighted by Gasteiger charge is -1.97. The maximum atomic E-state index is 11.9. The van der Waals surface area contributed by atoms with Gasteiger partial charge in [-0.1, -0.05) is 12.1 Å². The SMILES string of the molecule is Cc1nc(C)c(C(=O)NN=Cc2cccc([N+](=O)[O-])c2)s1. The molecule has 0 aliphatic heterocycles. The van der Waals surface area contributed by atoms with Crippen molar-refractivity contribution in [3.05, 3.63) is 55.5 Å². The molecule has 2 aromatic rings. The molecule has 0 bridgehead atoms. The van der Waals surface area contributed by atoms with Gasteiger partial charge in [0, 0.05) is 17.7 Å². The quantitative estimate of drug-likeness (QED) is 0.533. The van der Waals surface area contributed by atoms with Crippen molar-refractivity contribution < 1.29 is 9.72 Å². The Bertz CT molecular complexity index is 724. The first-order chi connectivity index (χ1) is 9.97. The summed E-state index contributed by atoms with van der Waals surface area (Å²) in [6.45, 7) is 3.57. The second-order valence-corrected chi connectivity index (χ2v) is 5.40. The van der Waals surface area contributed by atoms with E-state index in [0.29, 0.717) is 16.1 Å². The monoisotopic (exact) mass is 304 g/mol. The van der Waals surface area contributed by atoms with Crippen LogP contribution in [0.3, 0.4) is 0 Å². The minimum absolute atomic E-state index is 0.0285. The van der Waals surface area contributed by atoms with Gasteiger partial charge >= 0.3 is 0 Å². The fraction of sp³-hybridized carbons (Fsp3) is 0.154. The number of amides is 1. The highest BCUT2D eigenvalue weighted by molar-refractivity contribution is 7.13. The van der Waals surface area contributed by atoms with Gasteiger partial charge in [-0.3, -0.25) is 14.9 Å². The lowest BCUT2D eigenvalue weighted by Crippen LogP contribution is -2.17. The number of rotatable bonds is 4. The Morgan fingerprint density at radius 3 is 2.86 bits per heavy atom. The van der Waals surface area contributed by atoms with Crippen molar-refractivity contribution in [3.63, 3.8) is 0 Å². The van der Waals surface area contributed by atoms with E-state index in [1.54, 1.807) is 19.1 Å². The second-order valence-electron chi connectivity index (χ2n) is 4.20. The topological polar surface area (TPSA) is 97.5 Å². The number of benzene rings is 1. The zero-order valence-electron chi connectivity index (χ0n) is 11.4. The molecule has 8 heteroatoms. The molecule has 0 atom stereocenters. The highest BCUT2D eigenvalue weighted by atomic mass is 32.1. The third kappa shape index (κ3) is 3.69. The van der Waals surface area contributed by atoms with Crippen LogP contribution in [0.4, 0.5) is 5.69 Å². The fourth-order valence-corrected chi connectivity index (χ4v) is 2.49. The Morgan fingerprint density at radius 2 is 2.24 bits per heavy atom. The van der Waals surface area contributed by atoms with Crippen LogP contribution in [0.25, 0.3) is 0 Å². The summed E-state index contributed by atoms with van der Waals surface area (Å²) in [7, 11) is 0. The summed E-state index contributed by atoms with van der Waals surface area (Å²) in [6.07, 6.45) is 1.36. The van der Waals surface area contributed by atoms with Gasteiger partial charge in [-0.25, -0.2) is 10.4 Å². The van der Waals surface area contributed by atoms with Crippen molar-refractivity contribution in [2.75, 3.05) is 0 Å². The molecule has 0 spiro atoms. The molecule has 21 heavy (non-hydrogen) atoms. The molecule has 0 aliphatic carbocycles. The Balaban J connectivity index is 2.05. The van der Waals surface area contributed by atoms with Crippen molar-refractivity contribution in [2.45, 2.75) is 13.8 Å². The predicted octanol–water partition coefficient (Wildman–Crippen LogP) is 2.43. The van der Waals surface area contributed by atoms with Gasteiger partial charge in [-0.05, 0) is 13.8 Å². The summed E-state index contributed by atoms with van der Waals surface area (Å²) >= 11 is 1.29. The Hall–Kier alpha value is -2.61. The number of hydrogen-bond donors (Lipinski definition) is 1. The maximum Gasteiger partial charge on any atom is 0.283 e. The summed E-state index contributed by atoms with van der Waals surface area (Å²) in [5, 5.41) is 15.3. The average Bonchev–Trinajstić information content (AvgIpc) is 2.78. The molecule has 0 unspecified atom stereocenters. The molecule has 2 rings (SSSR count). The number of nitrogens with one attached hydrogen (secondary N) is 1. The number of nitro benzene ring substituents is 1. The van der Waals surface area contributed by atoms with E-state index in [4.69, 9.17) is 0 Å². The number of nitrogens with zero attached hydrogens (tertiary/aromatic N) is 3. The van der Waals surface area contributed by atoms with Crippen molar-refractivity contribution in [2.24, 2.45) is 5.10 Å². The van der Waals surface area contributed by atoms with Gasteiger partial charge in [0.1, 0.15) is 4.88 Å². The number of non-ortho nitro benzene ring substituents is 1. The number of thiazole rings is 1. The van der Waals surface area contributed by atoms with Gasteiger partial charge in [-0.2, -0.15) is 5.10 Å². The first-order valence-electron chi connectivity index (χ1n) is 5.99. The van der Waals surface area contributed by atoms with Gasteiger partial charge in [0.25, 0.3) is 11.6 Å². The molecule has 108 valence electrons. The normalized spacial score (nSPS) is 10.8. The maximum absolute atomic E-state index is 11.9. The first kappa shape index (κ1) is 14.8. The largest absolute Gasteiger partial charge is 0.283 e. The number of hydrazone groups is 1. The zero-order valence-corrected chi connectivity index (χ0v) is 12.2. The highest BCUT2D eigenvalue weighted by Gasteiger charge is 2.12. The number of nitro groups is 1. The second kappa shape index (κ2) is 6.23. The molecule has 7 nitrogen and oxygen atoms in total. The molecule has 0 radical (unpaired) electrons. The molecular weight excluding hydrogens is 292 g/mol. The van der Waals surface area contributed by atoms with E-state index >= 15 is 0 Å². The first-order valence-corrected chi connectivity index (χ1v) is 6.81. The third-order valence-corrected chi connectivity index (χ3v) is 3.64. The van der Waals surface area contributed by atoms with E-state index < -0.39 is 4.92 Å². The van der Waals surface area contributed by atoms with E-state index in [1.165, 1.54) is 29.7 Å². The number of hydrogen-bond acceptors (Lipinski definition) is 6. The van der Waals surface area contributed by atoms with E-state index in [0.717, 1.165) is 5.01 Å². The Kier molecular flexibility index (Phi) is 4.39. The van der Waals surface area contributed by atoms with Crippen LogP contribution in [-0.4, -0.2) is 22.0 Å². The minimum Gasteiger partial charge on any atom is -0.266 e. The van der Waals surface area contributed by atoms with Crippen LogP contribution in [-0.2, 0) is 0 Å². The standard InChI is InChI=1S/C13H12N4O3S/c1-8-12(21-9(2)15-8)13(18)16-14-7-10-4-3-5-11(6-10)17(19)20/h3-7H,1-2H3,(H,16,18). The lowest BCUT2D eigenvalue weighted by atomic mass is 10.2. The van der Waals surface area contributed by atoms with Gasteiger partial charge in [-0.15, -0.1) is 11.3 Å². The number of carbonyl (C=O) groups is 1. The molecule has 0 saturated carbocycles. The predicted molar refractivity (Wildman–Crippen MR) is 79.7 cm³/mol. The number of aromatic nitrogens is 1. The van der Waals surface area contributed by atoms with Crippen LogP contribution < -0.4 is 5.43 Å². The Morgan fingerprint density at radius 1 is 1.48 bits per heavy atom.